The third kappa shape index (κ3) is 5.39. The lowest BCUT2D eigenvalue weighted by molar-refractivity contribution is -0.143. The maximum absolute atomic E-state index is 13.1. The number of hydrogen-bond acceptors (Lipinski definition) is 5. The van der Waals surface area contributed by atoms with E-state index in [9.17, 15) is 19.5 Å². The first-order valence-corrected chi connectivity index (χ1v) is 11.3. The molecule has 9 nitrogen and oxygen atoms in total. The fourth-order valence-electron chi connectivity index (χ4n) is 3.53. The molecule has 0 saturated carbocycles. The Bertz CT molecular complexity index is 1370. The second-order valence-corrected chi connectivity index (χ2v) is 8.98. The molecule has 1 unspecified atom stereocenters. The van der Waals surface area contributed by atoms with Crippen LogP contribution < -0.4 is 15.0 Å². The predicted octanol–water partition coefficient (Wildman–Crippen LogP) is 2.55. The number of hydrogen-bond donors (Lipinski definition) is 2. The summed E-state index contributed by atoms with van der Waals surface area (Å²) in [7, 11) is 1.59. The minimum absolute atomic E-state index is 0.0519. The largest absolute Gasteiger partial charge is 0.489 e. The summed E-state index contributed by atoms with van der Waals surface area (Å²) in [4.78, 5) is 38.7. The molecule has 36 heavy (non-hydrogen) atoms. The first-order chi connectivity index (χ1) is 17.1. The SMILES string of the molecule is CN1C(=O)C(NC(=O)c2ccn(Cc3ccccc3)n2)COc2ccc(C#CC(C)(C)C(=O)O)cc21. The van der Waals surface area contributed by atoms with E-state index in [2.05, 4.69) is 22.3 Å². The van der Waals surface area contributed by atoms with Crippen LogP contribution in [0.1, 0.15) is 35.5 Å². The molecule has 0 radical (unpaired) electrons. The second kappa shape index (κ2) is 9.96. The Kier molecular flexibility index (Phi) is 6.79. The highest BCUT2D eigenvalue weighted by Crippen LogP contribution is 2.31. The van der Waals surface area contributed by atoms with Crippen molar-refractivity contribution in [2.24, 2.45) is 5.41 Å². The van der Waals surface area contributed by atoms with Crippen LogP contribution in [0.5, 0.6) is 5.75 Å². The number of aliphatic carboxylic acids is 1. The van der Waals surface area contributed by atoms with Crippen molar-refractivity contribution in [1.82, 2.24) is 15.1 Å². The number of fused-ring (bicyclic) bond motifs is 1. The van der Waals surface area contributed by atoms with Gasteiger partial charge in [0.2, 0.25) is 0 Å². The summed E-state index contributed by atoms with van der Waals surface area (Å²) in [5.74, 6) is 4.18. The zero-order valence-electron chi connectivity index (χ0n) is 20.2. The van der Waals surface area contributed by atoms with Crippen LogP contribution in [-0.2, 0) is 16.1 Å². The van der Waals surface area contributed by atoms with Crippen LogP contribution in [-0.4, -0.2) is 52.4 Å². The average Bonchev–Trinajstić information content (AvgIpc) is 3.29. The molecule has 3 aromatic rings. The predicted molar refractivity (Wildman–Crippen MR) is 133 cm³/mol. The highest BCUT2D eigenvalue weighted by atomic mass is 16.5. The standard InChI is InChI=1S/C27H26N4O5/c1-27(2,26(34)35)13-11-18-9-10-23-22(15-18)30(3)25(33)21(17-36-23)28-24(32)20-12-14-31(29-20)16-19-7-5-4-6-8-19/h4-10,12,14-15,21H,16-17H2,1-3H3,(H,28,32)(H,34,35). The number of nitrogens with one attached hydrogen (secondary N) is 1. The van der Waals surface area contributed by atoms with Crippen LogP contribution in [0.25, 0.3) is 0 Å². The molecular formula is C27H26N4O5. The van der Waals surface area contributed by atoms with Crippen LogP contribution in [0.3, 0.4) is 0 Å². The van der Waals surface area contributed by atoms with E-state index in [4.69, 9.17) is 4.74 Å². The molecule has 2 amide bonds. The molecule has 1 atom stereocenters. The highest BCUT2D eigenvalue weighted by molar-refractivity contribution is 6.02. The van der Waals surface area contributed by atoms with Crippen molar-refractivity contribution < 1.29 is 24.2 Å². The van der Waals surface area contributed by atoms with Crippen LogP contribution in [0, 0.1) is 17.3 Å². The average molecular weight is 487 g/mol. The Labute approximate surface area is 208 Å². The van der Waals surface area contributed by atoms with Gasteiger partial charge in [0.15, 0.2) is 0 Å². The molecule has 0 bridgehead atoms. The van der Waals surface area contributed by atoms with Crippen LogP contribution >= 0.6 is 0 Å². The minimum atomic E-state index is -1.21. The van der Waals surface area contributed by atoms with E-state index < -0.39 is 23.3 Å². The molecule has 2 aromatic carbocycles. The number of nitrogens with zero attached hydrogens (tertiary/aromatic N) is 3. The molecule has 2 N–H and O–H groups in total. The van der Waals surface area contributed by atoms with Gasteiger partial charge in [-0.15, -0.1) is 0 Å². The molecule has 1 aliphatic heterocycles. The van der Waals surface area contributed by atoms with Gasteiger partial charge in [-0.25, -0.2) is 0 Å². The van der Waals surface area contributed by atoms with Crippen molar-refractivity contribution >= 4 is 23.5 Å². The van der Waals surface area contributed by atoms with E-state index in [1.165, 1.54) is 18.7 Å². The number of anilines is 1. The number of carboxylic acid groups (broad SMARTS) is 1. The molecule has 1 aromatic heterocycles. The van der Waals surface area contributed by atoms with Gasteiger partial charge in [-0.3, -0.25) is 19.1 Å². The van der Waals surface area contributed by atoms with Crippen LogP contribution in [0.4, 0.5) is 5.69 Å². The zero-order valence-corrected chi connectivity index (χ0v) is 20.2. The smallest absolute Gasteiger partial charge is 0.321 e. The van der Waals surface area contributed by atoms with Crippen molar-refractivity contribution in [3.05, 3.63) is 77.6 Å². The molecule has 2 heterocycles. The van der Waals surface area contributed by atoms with Gasteiger partial charge in [0.25, 0.3) is 11.8 Å². The van der Waals surface area contributed by atoms with Gasteiger partial charge in [-0.2, -0.15) is 5.10 Å². The Balaban J connectivity index is 1.46. The van der Waals surface area contributed by atoms with Crippen LogP contribution in [0.15, 0.2) is 60.8 Å². The Morgan fingerprint density at radius 2 is 1.94 bits per heavy atom. The van der Waals surface area contributed by atoms with Gasteiger partial charge in [0.1, 0.15) is 29.5 Å². The molecule has 0 saturated heterocycles. The number of carbonyl (C=O) groups is 3. The number of benzene rings is 2. The summed E-state index contributed by atoms with van der Waals surface area (Å²) in [5, 5.41) is 16.3. The molecule has 1 aliphatic rings. The van der Waals surface area contributed by atoms with Crippen molar-refractivity contribution in [3.8, 4) is 17.6 Å². The highest BCUT2D eigenvalue weighted by Gasteiger charge is 2.31. The first kappa shape index (κ1) is 24.5. The summed E-state index contributed by atoms with van der Waals surface area (Å²) in [5.41, 5.74) is 1.05. The zero-order chi connectivity index (χ0) is 25.9. The quantitative estimate of drug-likeness (QED) is 0.536. The van der Waals surface area contributed by atoms with E-state index in [-0.39, 0.29) is 18.2 Å². The number of carboxylic acids is 1. The molecule has 4 rings (SSSR count). The lowest BCUT2D eigenvalue weighted by Crippen LogP contribution is -2.49. The van der Waals surface area contributed by atoms with E-state index in [0.717, 1.165) is 5.56 Å². The molecule has 0 spiro atoms. The number of rotatable bonds is 5. The third-order valence-corrected chi connectivity index (χ3v) is 5.77. The monoisotopic (exact) mass is 486 g/mol. The van der Waals surface area contributed by atoms with E-state index in [0.29, 0.717) is 23.5 Å². The molecular weight excluding hydrogens is 460 g/mol. The first-order valence-electron chi connectivity index (χ1n) is 11.3. The van der Waals surface area contributed by atoms with E-state index in [1.54, 1.807) is 42.2 Å². The number of amides is 2. The number of likely N-dealkylation sites (N-methyl/N-ethyl adjacent to an activating group) is 1. The van der Waals surface area contributed by atoms with Gasteiger partial charge in [-0.1, -0.05) is 42.2 Å². The summed E-state index contributed by atoms with van der Waals surface area (Å²) in [6, 6.07) is 15.5. The molecule has 9 heteroatoms. The summed E-state index contributed by atoms with van der Waals surface area (Å²) in [6.45, 7) is 3.50. The Morgan fingerprint density at radius 3 is 2.67 bits per heavy atom. The lowest BCUT2D eigenvalue weighted by atomic mass is 9.94. The van der Waals surface area contributed by atoms with Gasteiger partial charge in [0.05, 0.1) is 12.2 Å². The Morgan fingerprint density at radius 1 is 1.19 bits per heavy atom. The Hall–Kier alpha value is -4.58. The van der Waals surface area contributed by atoms with Crippen molar-refractivity contribution in [3.63, 3.8) is 0 Å². The van der Waals surface area contributed by atoms with Crippen LogP contribution in [0.2, 0.25) is 0 Å². The number of carbonyl (C=O) groups excluding carboxylic acids is 2. The van der Waals surface area contributed by atoms with Gasteiger partial charge in [-0.05, 0) is 43.7 Å². The fraction of sp³-hybridized carbons (Fsp3) is 0.259. The number of aromatic nitrogens is 2. The van der Waals surface area contributed by atoms with Crippen molar-refractivity contribution in [2.75, 3.05) is 18.6 Å². The van der Waals surface area contributed by atoms with Gasteiger partial charge in [0, 0.05) is 18.8 Å². The molecule has 184 valence electrons. The maximum atomic E-state index is 13.1. The van der Waals surface area contributed by atoms with Crippen molar-refractivity contribution in [1.29, 1.82) is 0 Å². The number of ether oxygens (including phenoxy) is 1. The van der Waals surface area contributed by atoms with Crippen molar-refractivity contribution in [2.45, 2.75) is 26.4 Å². The van der Waals surface area contributed by atoms with Gasteiger partial charge < -0.3 is 20.1 Å². The van der Waals surface area contributed by atoms with E-state index in [1.807, 2.05) is 30.3 Å². The summed E-state index contributed by atoms with van der Waals surface area (Å²) < 4.78 is 7.47. The summed E-state index contributed by atoms with van der Waals surface area (Å²) in [6.07, 6.45) is 1.71. The normalized spacial score (nSPS) is 15.1. The molecule has 0 aliphatic carbocycles. The third-order valence-electron chi connectivity index (χ3n) is 5.77. The second-order valence-electron chi connectivity index (χ2n) is 8.98. The molecule has 0 fully saturated rings. The van der Waals surface area contributed by atoms with Gasteiger partial charge >= 0.3 is 5.97 Å². The topological polar surface area (TPSA) is 114 Å². The maximum Gasteiger partial charge on any atom is 0.321 e. The fourth-order valence-corrected chi connectivity index (χ4v) is 3.53. The van der Waals surface area contributed by atoms with E-state index >= 15 is 0 Å². The minimum Gasteiger partial charge on any atom is -0.489 e. The summed E-state index contributed by atoms with van der Waals surface area (Å²) >= 11 is 0. The lowest BCUT2D eigenvalue weighted by Gasteiger charge is -2.20.